The van der Waals surface area contributed by atoms with E-state index in [4.69, 9.17) is 14.0 Å². The minimum Gasteiger partial charge on any atom is -0.382 e. The SMILES string of the molecule is COC[C@H]1CN(c2noc(C(C)(C)C)n2)CC(C)(C)O1. The summed E-state index contributed by atoms with van der Waals surface area (Å²) in [5.41, 5.74) is -0.400. The van der Waals surface area contributed by atoms with Gasteiger partial charge in [-0.3, -0.25) is 0 Å². The van der Waals surface area contributed by atoms with Crippen molar-refractivity contribution in [2.45, 2.75) is 51.7 Å². The Labute approximate surface area is 120 Å². The van der Waals surface area contributed by atoms with E-state index in [1.165, 1.54) is 0 Å². The molecule has 1 atom stereocenters. The first-order chi connectivity index (χ1) is 9.21. The molecule has 6 heteroatoms. The normalized spacial score (nSPS) is 23.1. The molecule has 1 saturated heterocycles. The second-order valence-electron chi connectivity index (χ2n) is 6.98. The van der Waals surface area contributed by atoms with Crippen molar-refractivity contribution in [2.75, 3.05) is 31.7 Å². The number of methoxy groups -OCH3 is 1. The second kappa shape index (κ2) is 5.33. The number of ether oxygens (including phenoxy) is 2. The standard InChI is InChI=1S/C14H25N3O3/c1-13(2,3)11-15-12(16-20-11)17-7-10(8-18-6)19-14(4,5)9-17/h10H,7-9H2,1-6H3/t10-/m1/s1. The predicted octanol–water partition coefficient (Wildman–Crippen LogP) is 2.00. The van der Waals surface area contributed by atoms with Gasteiger partial charge in [0.2, 0.25) is 5.89 Å². The van der Waals surface area contributed by atoms with Gasteiger partial charge in [0.25, 0.3) is 5.95 Å². The highest BCUT2D eigenvalue weighted by Crippen LogP contribution is 2.27. The molecule has 114 valence electrons. The lowest BCUT2D eigenvalue weighted by Crippen LogP contribution is -2.54. The van der Waals surface area contributed by atoms with Gasteiger partial charge in [-0.2, -0.15) is 4.98 Å². The predicted molar refractivity (Wildman–Crippen MR) is 76.0 cm³/mol. The van der Waals surface area contributed by atoms with Crippen molar-refractivity contribution < 1.29 is 14.0 Å². The van der Waals surface area contributed by atoms with Crippen molar-refractivity contribution >= 4 is 5.95 Å². The van der Waals surface area contributed by atoms with Crippen LogP contribution in [0.1, 0.15) is 40.5 Å². The Morgan fingerprint density at radius 2 is 2.10 bits per heavy atom. The average Bonchev–Trinajstić information content (AvgIpc) is 2.75. The Hall–Kier alpha value is -1.14. The van der Waals surface area contributed by atoms with Crippen molar-refractivity contribution in [2.24, 2.45) is 0 Å². The molecule has 0 amide bonds. The molecule has 0 bridgehead atoms. The van der Waals surface area contributed by atoms with Crippen LogP contribution < -0.4 is 4.90 Å². The maximum Gasteiger partial charge on any atom is 0.266 e. The van der Waals surface area contributed by atoms with Crippen LogP contribution in [0.2, 0.25) is 0 Å². The Bertz CT molecular complexity index is 451. The Morgan fingerprint density at radius 1 is 1.40 bits per heavy atom. The number of rotatable bonds is 3. The number of morpholine rings is 1. The van der Waals surface area contributed by atoms with E-state index in [1.54, 1.807) is 7.11 Å². The van der Waals surface area contributed by atoms with Crippen molar-refractivity contribution in [3.63, 3.8) is 0 Å². The van der Waals surface area contributed by atoms with Gasteiger partial charge in [-0.05, 0) is 19.0 Å². The number of hydrogen-bond acceptors (Lipinski definition) is 6. The van der Waals surface area contributed by atoms with E-state index in [1.807, 2.05) is 0 Å². The largest absolute Gasteiger partial charge is 0.382 e. The zero-order valence-corrected chi connectivity index (χ0v) is 13.3. The lowest BCUT2D eigenvalue weighted by Gasteiger charge is -2.42. The van der Waals surface area contributed by atoms with Gasteiger partial charge in [-0.25, -0.2) is 0 Å². The summed E-state index contributed by atoms with van der Waals surface area (Å²) in [7, 11) is 1.68. The number of hydrogen-bond donors (Lipinski definition) is 0. The van der Waals surface area contributed by atoms with Gasteiger partial charge in [0, 0.05) is 25.6 Å². The molecule has 2 rings (SSSR count). The third kappa shape index (κ3) is 3.49. The van der Waals surface area contributed by atoms with Crippen LogP contribution in [0.15, 0.2) is 4.52 Å². The van der Waals surface area contributed by atoms with Crippen LogP contribution in [0, 0.1) is 0 Å². The van der Waals surface area contributed by atoms with Crippen LogP contribution in [0.25, 0.3) is 0 Å². The zero-order valence-electron chi connectivity index (χ0n) is 13.3. The molecule has 0 unspecified atom stereocenters. The maximum absolute atomic E-state index is 5.99. The van der Waals surface area contributed by atoms with Crippen molar-refractivity contribution in [1.29, 1.82) is 0 Å². The van der Waals surface area contributed by atoms with E-state index in [2.05, 4.69) is 49.7 Å². The molecule has 0 spiro atoms. The molecule has 1 aliphatic rings. The van der Waals surface area contributed by atoms with Gasteiger partial charge < -0.3 is 18.9 Å². The molecule has 1 aliphatic heterocycles. The van der Waals surface area contributed by atoms with Crippen LogP contribution in [0.5, 0.6) is 0 Å². The third-order valence-electron chi connectivity index (χ3n) is 3.17. The van der Waals surface area contributed by atoms with E-state index in [0.717, 1.165) is 6.54 Å². The fraction of sp³-hybridized carbons (Fsp3) is 0.857. The summed E-state index contributed by atoms with van der Waals surface area (Å²) in [6.45, 7) is 12.3. The Balaban J connectivity index is 2.16. The Morgan fingerprint density at radius 3 is 2.65 bits per heavy atom. The molecule has 0 radical (unpaired) electrons. The van der Waals surface area contributed by atoms with Gasteiger partial charge in [-0.1, -0.05) is 20.8 Å². The molecule has 6 nitrogen and oxygen atoms in total. The van der Waals surface area contributed by atoms with Crippen LogP contribution >= 0.6 is 0 Å². The summed E-state index contributed by atoms with van der Waals surface area (Å²) in [5.74, 6) is 1.28. The topological polar surface area (TPSA) is 60.6 Å². The van der Waals surface area contributed by atoms with Crippen LogP contribution in [-0.4, -0.2) is 48.7 Å². The number of anilines is 1. The quantitative estimate of drug-likeness (QED) is 0.845. The lowest BCUT2D eigenvalue weighted by molar-refractivity contribution is -0.106. The molecule has 20 heavy (non-hydrogen) atoms. The molecular formula is C14H25N3O3. The first-order valence-corrected chi connectivity index (χ1v) is 6.97. The van der Waals surface area contributed by atoms with Crippen LogP contribution in [0.4, 0.5) is 5.95 Å². The van der Waals surface area contributed by atoms with Gasteiger partial charge in [-0.15, -0.1) is 0 Å². The van der Waals surface area contributed by atoms with Gasteiger partial charge in [0.1, 0.15) is 0 Å². The van der Waals surface area contributed by atoms with E-state index in [9.17, 15) is 0 Å². The molecular weight excluding hydrogens is 258 g/mol. The summed E-state index contributed by atoms with van der Waals surface area (Å²) in [4.78, 5) is 6.62. The highest BCUT2D eigenvalue weighted by Gasteiger charge is 2.35. The fourth-order valence-electron chi connectivity index (χ4n) is 2.37. The Kier molecular flexibility index (Phi) is 4.07. The summed E-state index contributed by atoms with van der Waals surface area (Å²) < 4.78 is 16.6. The third-order valence-corrected chi connectivity index (χ3v) is 3.17. The van der Waals surface area contributed by atoms with Crippen LogP contribution in [-0.2, 0) is 14.9 Å². The van der Waals surface area contributed by atoms with E-state index in [-0.39, 0.29) is 17.1 Å². The van der Waals surface area contributed by atoms with Crippen molar-refractivity contribution in [3.8, 4) is 0 Å². The lowest BCUT2D eigenvalue weighted by atomic mass is 9.97. The first kappa shape index (κ1) is 15.3. The minimum absolute atomic E-state index is 0.0142. The highest BCUT2D eigenvalue weighted by atomic mass is 16.5. The van der Waals surface area contributed by atoms with Crippen molar-refractivity contribution in [3.05, 3.63) is 5.89 Å². The van der Waals surface area contributed by atoms with Crippen molar-refractivity contribution in [1.82, 2.24) is 10.1 Å². The maximum atomic E-state index is 5.99. The molecule has 0 aromatic carbocycles. The molecule has 2 heterocycles. The van der Waals surface area contributed by atoms with Gasteiger partial charge in [0.05, 0.1) is 18.3 Å². The molecule has 0 N–H and O–H groups in total. The van der Waals surface area contributed by atoms with E-state index >= 15 is 0 Å². The molecule has 0 saturated carbocycles. The molecule has 1 fully saturated rings. The highest BCUT2D eigenvalue weighted by molar-refractivity contribution is 5.31. The van der Waals surface area contributed by atoms with E-state index < -0.39 is 0 Å². The summed E-state index contributed by atoms with van der Waals surface area (Å²) in [6.07, 6.45) is 0.0142. The molecule has 0 aliphatic carbocycles. The van der Waals surface area contributed by atoms with Gasteiger partial charge >= 0.3 is 0 Å². The smallest absolute Gasteiger partial charge is 0.266 e. The number of nitrogens with zero attached hydrogens (tertiary/aromatic N) is 3. The zero-order chi connectivity index (χ0) is 15.0. The average molecular weight is 283 g/mol. The minimum atomic E-state index is -0.260. The monoisotopic (exact) mass is 283 g/mol. The van der Waals surface area contributed by atoms with Gasteiger partial charge in [0.15, 0.2) is 0 Å². The first-order valence-electron chi connectivity index (χ1n) is 6.97. The van der Waals surface area contributed by atoms with Crippen LogP contribution in [0.3, 0.4) is 0 Å². The fourth-order valence-corrected chi connectivity index (χ4v) is 2.37. The summed E-state index contributed by atoms with van der Waals surface area (Å²) in [5, 5.41) is 4.11. The molecule has 1 aromatic heterocycles. The van der Waals surface area contributed by atoms with E-state index in [0.29, 0.717) is 25.0 Å². The number of aromatic nitrogens is 2. The summed E-state index contributed by atoms with van der Waals surface area (Å²) >= 11 is 0. The second-order valence-corrected chi connectivity index (χ2v) is 6.98. The molecule has 1 aromatic rings. The summed E-state index contributed by atoms with van der Waals surface area (Å²) in [6, 6.07) is 0.